The second-order valence-electron chi connectivity index (χ2n) is 7.40. The SMILES string of the molecule is CCCCCCCCCCCCCCCc1ccc(C(=O)CI)c(O)c1. The molecule has 0 fully saturated rings. The minimum absolute atomic E-state index is 0.00407. The minimum atomic E-state index is -0.00407. The highest BCUT2D eigenvalue weighted by molar-refractivity contribution is 14.1. The number of alkyl halides is 1. The van der Waals surface area contributed by atoms with Crippen molar-refractivity contribution in [2.45, 2.75) is 96.8 Å². The predicted octanol–water partition coefficient (Wildman–Crippen LogP) is 7.64. The first kappa shape index (κ1) is 23.5. The van der Waals surface area contributed by atoms with Gasteiger partial charge in [0.15, 0.2) is 5.78 Å². The van der Waals surface area contributed by atoms with Crippen LogP contribution in [0.2, 0.25) is 0 Å². The van der Waals surface area contributed by atoms with E-state index in [1.165, 1.54) is 77.0 Å². The fourth-order valence-corrected chi connectivity index (χ4v) is 3.80. The van der Waals surface area contributed by atoms with E-state index >= 15 is 0 Å². The fourth-order valence-electron chi connectivity index (χ4n) is 3.39. The maximum Gasteiger partial charge on any atom is 0.176 e. The zero-order chi connectivity index (χ0) is 19.0. The highest BCUT2D eigenvalue weighted by Gasteiger charge is 2.09. The average molecular weight is 472 g/mol. The van der Waals surface area contributed by atoms with Gasteiger partial charge in [0.25, 0.3) is 0 Å². The quantitative estimate of drug-likeness (QED) is 0.116. The number of carbonyl (C=O) groups is 1. The smallest absolute Gasteiger partial charge is 0.176 e. The van der Waals surface area contributed by atoms with Gasteiger partial charge in [0.2, 0.25) is 0 Å². The molecule has 0 spiro atoms. The van der Waals surface area contributed by atoms with E-state index in [1.54, 1.807) is 12.1 Å². The van der Waals surface area contributed by atoms with E-state index in [-0.39, 0.29) is 11.5 Å². The molecule has 0 aliphatic heterocycles. The molecule has 1 N–H and O–H groups in total. The normalized spacial score (nSPS) is 11.0. The summed E-state index contributed by atoms with van der Waals surface area (Å²) < 4.78 is 0.406. The maximum atomic E-state index is 11.7. The third-order valence-electron chi connectivity index (χ3n) is 5.05. The number of phenols is 1. The standard InChI is InChI=1S/C23H37IO2/c1-2-3-4-5-6-7-8-9-10-11-12-13-14-15-20-16-17-21(22(25)18-20)23(26)19-24/h16-18,25H,2-15,19H2,1H3. The lowest BCUT2D eigenvalue weighted by Gasteiger charge is -2.06. The van der Waals surface area contributed by atoms with E-state index in [2.05, 4.69) is 6.92 Å². The summed E-state index contributed by atoms with van der Waals surface area (Å²) in [5.74, 6) is 0.134. The fraction of sp³-hybridized carbons (Fsp3) is 0.696. The molecule has 0 radical (unpaired) electrons. The number of ketones is 1. The number of rotatable bonds is 16. The van der Waals surface area contributed by atoms with Gasteiger partial charge < -0.3 is 5.11 Å². The number of hydrogen-bond donors (Lipinski definition) is 1. The molecule has 0 heterocycles. The topological polar surface area (TPSA) is 37.3 Å². The molecule has 1 aromatic rings. The molecule has 148 valence electrons. The van der Waals surface area contributed by atoms with E-state index in [9.17, 15) is 9.90 Å². The highest BCUT2D eigenvalue weighted by Crippen LogP contribution is 2.21. The van der Waals surface area contributed by atoms with E-state index in [4.69, 9.17) is 0 Å². The Kier molecular flexibility index (Phi) is 14.0. The number of halogens is 1. The summed E-state index contributed by atoms with van der Waals surface area (Å²) >= 11 is 2.03. The summed E-state index contributed by atoms with van der Waals surface area (Å²) in [6, 6.07) is 5.52. The monoisotopic (exact) mass is 472 g/mol. The lowest BCUT2D eigenvalue weighted by molar-refractivity contribution is 0.102. The first-order valence-corrected chi connectivity index (χ1v) is 12.1. The molecule has 1 rings (SSSR count). The van der Waals surface area contributed by atoms with Crippen LogP contribution in [-0.4, -0.2) is 15.3 Å². The Morgan fingerprint density at radius 3 is 1.81 bits per heavy atom. The third kappa shape index (κ3) is 10.5. The van der Waals surface area contributed by atoms with Gasteiger partial charge in [0, 0.05) is 0 Å². The molecule has 0 aromatic heterocycles. The largest absolute Gasteiger partial charge is 0.507 e. The van der Waals surface area contributed by atoms with Gasteiger partial charge in [0.05, 0.1) is 9.99 Å². The van der Waals surface area contributed by atoms with Gasteiger partial charge >= 0.3 is 0 Å². The van der Waals surface area contributed by atoms with Crippen molar-refractivity contribution in [2.75, 3.05) is 4.43 Å². The molecule has 0 aliphatic rings. The van der Waals surface area contributed by atoms with Crippen LogP contribution in [0.1, 0.15) is 106 Å². The molecule has 0 atom stereocenters. The molecule has 2 nitrogen and oxygen atoms in total. The van der Waals surface area contributed by atoms with Crippen LogP contribution in [0.5, 0.6) is 5.75 Å². The second kappa shape index (κ2) is 15.5. The first-order valence-electron chi connectivity index (χ1n) is 10.6. The van der Waals surface area contributed by atoms with Crippen molar-refractivity contribution in [2.24, 2.45) is 0 Å². The highest BCUT2D eigenvalue weighted by atomic mass is 127. The van der Waals surface area contributed by atoms with Gasteiger partial charge in [-0.2, -0.15) is 0 Å². The molecule has 0 bridgehead atoms. The molecule has 0 saturated carbocycles. The first-order chi connectivity index (χ1) is 12.7. The zero-order valence-corrected chi connectivity index (χ0v) is 18.7. The summed E-state index contributed by atoms with van der Waals surface area (Å²) in [5.41, 5.74) is 1.59. The Labute approximate surface area is 174 Å². The summed E-state index contributed by atoms with van der Waals surface area (Å²) in [4.78, 5) is 11.7. The van der Waals surface area contributed by atoms with E-state index in [1.807, 2.05) is 28.7 Å². The van der Waals surface area contributed by atoms with Crippen LogP contribution in [0.15, 0.2) is 18.2 Å². The van der Waals surface area contributed by atoms with Crippen LogP contribution in [0.3, 0.4) is 0 Å². The van der Waals surface area contributed by atoms with E-state index in [0.29, 0.717) is 9.99 Å². The number of aryl methyl sites for hydroxylation is 1. The van der Waals surface area contributed by atoms with Crippen LogP contribution in [0.25, 0.3) is 0 Å². The summed E-state index contributed by atoms with van der Waals surface area (Å²) in [6.45, 7) is 2.27. The zero-order valence-electron chi connectivity index (χ0n) is 16.6. The molecule has 26 heavy (non-hydrogen) atoms. The van der Waals surface area contributed by atoms with Crippen LogP contribution < -0.4 is 0 Å². The Balaban J connectivity index is 1.99. The lowest BCUT2D eigenvalue weighted by Crippen LogP contribution is -2.00. The van der Waals surface area contributed by atoms with Crippen molar-refractivity contribution in [1.29, 1.82) is 0 Å². The molecule has 0 unspecified atom stereocenters. The van der Waals surface area contributed by atoms with Gasteiger partial charge in [-0.3, -0.25) is 4.79 Å². The molecule has 3 heteroatoms. The van der Waals surface area contributed by atoms with Crippen LogP contribution >= 0.6 is 22.6 Å². The van der Waals surface area contributed by atoms with E-state index in [0.717, 1.165) is 18.4 Å². The van der Waals surface area contributed by atoms with Crippen LogP contribution in [0.4, 0.5) is 0 Å². The van der Waals surface area contributed by atoms with Crippen molar-refractivity contribution >= 4 is 28.4 Å². The third-order valence-corrected chi connectivity index (χ3v) is 5.75. The molecule has 1 aromatic carbocycles. The summed E-state index contributed by atoms with van der Waals surface area (Å²) in [5, 5.41) is 9.97. The van der Waals surface area contributed by atoms with Gasteiger partial charge in [-0.05, 0) is 30.5 Å². The van der Waals surface area contributed by atoms with Gasteiger partial charge in [-0.25, -0.2) is 0 Å². The lowest BCUT2D eigenvalue weighted by atomic mass is 10.0. The van der Waals surface area contributed by atoms with Crippen molar-refractivity contribution in [3.05, 3.63) is 29.3 Å². The number of aromatic hydroxyl groups is 1. The minimum Gasteiger partial charge on any atom is -0.507 e. The molecule has 0 saturated heterocycles. The summed E-state index contributed by atoms with van der Waals surface area (Å²) in [7, 11) is 0. The Bertz CT molecular complexity index is 499. The number of benzene rings is 1. The predicted molar refractivity (Wildman–Crippen MR) is 121 cm³/mol. The van der Waals surface area contributed by atoms with Gasteiger partial charge in [-0.1, -0.05) is 113 Å². The van der Waals surface area contributed by atoms with E-state index < -0.39 is 0 Å². The van der Waals surface area contributed by atoms with Crippen molar-refractivity contribution in [3.63, 3.8) is 0 Å². The number of hydrogen-bond acceptors (Lipinski definition) is 2. The molecule has 0 aliphatic carbocycles. The average Bonchev–Trinajstić information content (AvgIpc) is 2.65. The summed E-state index contributed by atoms with van der Waals surface area (Å²) in [6.07, 6.45) is 18.7. The van der Waals surface area contributed by atoms with Crippen LogP contribution in [0, 0.1) is 0 Å². The van der Waals surface area contributed by atoms with Crippen molar-refractivity contribution < 1.29 is 9.90 Å². The van der Waals surface area contributed by atoms with Crippen molar-refractivity contribution in [1.82, 2.24) is 0 Å². The van der Waals surface area contributed by atoms with Gasteiger partial charge in [0.1, 0.15) is 5.75 Å². The number of unbranched alkanes of at least 4 members (excludes halogenated alkanes) is 12. The molecular weight excluding hydrogens is 435 g/mol. The Hall–Kier alpha value is -0.580. The Morgan fingerprint density at radius 2 is 1.35 bits per heavy atom. The van der Waals surface area contributed by atoms with Gasteiger partial charge in [-0.15, -0.1) is 0 Å². The number of phenolic OH excluding ortho intramolecular Hbond substituents is 1. The van der Waals surface area contributed by atoms with Crippen molar-refractivity contribution in [3.8, 4) is 5.75 Å². The molecule has 0 amide bonds. The Morgan fingerprint density at radius 1 is 0.846 bits per heavy atom. The number of Topliss-reactive ketones (excluding diaryl/α,β-unsaturated/α-hetero) is 1. The van der Waals surface area contributed by atoms with Crippen LogP contribution in [-0.2, 0) is 6.42 Å². The number of carbonyl (C=O) groups excluding carboxylic acids is 1. The molecular formula is C23H37IO2. The second-order valence-corrected chi connectivity index (χ2v) is 8.16. The maximum absolute atomic E-state index is 11.7.